The van der Waals surface area contributed by atoms with Crippen molar-refractivity contribution in [1.29, 1.82) is 0 Å². The molecule has 0 N–H and O–H groups in total. The highest BCUT2D eigenvalue weighted by molar-refractivity contribution is 7.10. The molecule has 1 aromatic heterocycles. The van der Waals surface area contributed by atoms with Gasteiger partial charge in [-0.05, 0) is 41.5 Å². The third-order valence-electron chi connectivity index (χ3n) is 5.62. The van der Waals surface area contributed by atoms with Crippen molar-refractivity contribution >= 4 is 23.2 Å². The maximum atomic E-state index is 13.5. The van der Waals surface area contributed by atoms with Gasteiger partial charge < -0.3 is 14.5 Å². The summed E-state index contributed by atoms with van der Waals surface area (Å²) in [6.07, 6.45) is 1.74. The Hall–Kier alpha value is -2.41. The zero-order valence-electron chi connectivity index (χ0n) is 17.8. The minimum Gasteiger partial charge on any atom is -0.491 e. The first kappa shape index (κ1) is 22.3. The van der Waals surface area contributed by atoms with Gasteiger partial charge in [0, 0.05) is 31.0 Å². The lowest BCUT2D eigenvalue weighted by Gasteiger charge is -2.37. The predicted molar refractivity (Wildman–Crippen MR) is 116 cm³/mol. The van der Waals surface area contributed by atoms with Gasteiger partial charge in [0.1, 0.15) is 18.2 Å². The number of thiophene rings is 1. The van der Waals surface area contributed by atoms with E-state index in [0.29, 0.717) is 24.8 Å². The zero-order valence-corrected chi connectivity index (χ0v) is 18.6. The molecule has 0 fully saturated rings. The van der Waals surface area contributed by atoms with Crippen LogP contribution in [0.4, 0.5) is 4.39 Å². The number of ether oxygens (including phenoxy) is 1. The molecule has 0 saturated carbocycles. The van der Waals surface area contributed by atoms with Gasteiger partial charge >= 0.3 is 0 Å². The molecule has 1 aromatic carbocycles. The average molecular weight is 433 g/mol. The lowest BCUT2D eigenvalue weighted by molar-refractivity contribution is -0.142. The number of rotatable bonds is 8. The van der Waals surface area contributed by atoms with E-state index >= 15 is 0 Å². The Balaban J connectivity index is 1.75. The summed E-state index contributed by atoms with van der Waals surface area (Å²) in [7, 11) is 0. The van der Waals surface area contributed by atoms with Gasteiger partial charge in [-0.15, -0.1) is 11.3 Å². The van der Waals surface area contributed by atoms with Crippen LogP contribution in [0.15, 0.2) is 35.7 Å². The Kier molecular flexibility index (Phi) is 7.48. The van der Waals surface area contributed by atoms with E-state index in [-0.39, 0.29) is 36.8 Å². The van der Waals surface area contributed by atoms with E-state index in [0.717, 1.165) is 18.4 Å². The number of carbonyl (C=O) groups is 2. The molecule has 5 nitrogen and oxygen atoms in total. The molecule has 0 spiro atoms. The van der Waals surface area contributed by atoms with Crippen molar-refractivity contribution < 1.29 is 18.7 Å². The molecule has 0 bridgehead atoms. The summed E-state index contributed by atoms with van der Waals surface area (Å²) in [6.45, 7) is 7.12. The minimum atomic E-state index is -0.359. The molecule has 3 rings (SSSR count). The molecule has 0 aliphatic carbocycles. The Labute approximate surface area is 181 Å². The lowest BCUT2D eigenvalue weighted by atomic mass is 10.00. The van der Waals surface area contributed by atoms with E-state index in [4.69, 9.17) is 4.74 Å². The van der Waals surface area contributed by atoms with Crippen molar-refractivity contribution in [2.24, 2.45) is 5.92 Å². The van der Waals surface area contributed by atoms with Crippen LogP contribution < -0.4 is 4.74 Å². The van der Waals surface area contributed by atoms with Crippen molar-refractivity contribution in [2.45, 2.75) is 39.7 Å². The summed E-state index contributed by atoms with van der Waals surface area (Å²) >= 11 is 1.68. The van der Waals surface area contributed by atoms with Gasteiger partial charge in [0.15, 0.2) is 0 Å². The smallest absolute Gasteiger partial charge is 0.242 e. The van der Waals surface area contributed by atoms with Gasteiger partial charge in [0.05, 0.1) is 12.6 Å². The SMILES string of the molecule is CC[C@@H](C)CN(CC(=O)N1CCc2sccc2[C@@H]1COc1cccc(F)c1)C(C)=O. The summed E-state index contributed by atoms with van der Waals surface area (Å²) in [5.41, 5.74) is 1.08. The van der Waals surface area contributed by atoms with Crippen LogP contribution in [0.2, 0.25) is 0 Å². The third-order valence-corrected chi connectivity index (χ3v) is 6.62. The van der Waals surface area contributed by atoms with Crippen LogP contribution in [0.1, 0.15) is 43.7 Å². The Morgan fingerprint density at radius 1 is 1.37 bits per heavy atom. The van der Waals surface area contributed by atoms with Crippen molar-refractivity contribution in [1.82, 2.24) is 9.80 Å². The van der Waals surface area contributed by atoms with Crippen molar-refractivity contribution in [3.05, 3.63) is 52.0 Å². The normalized spacial score (nSPS) is 16.7. The molecule has 0 unspecified atom stereocenters. The second-order valence-electron chi connectivity index (χ2n) is 7.83. The summed E-state index contributed by atoms with van der Waals surface area (Å²) in [5, 5.41) is 2.03. The highest BCUT2D eigenvalue weighted by atomic mass is 32.1. The van der Waals surface area contributed by atoms with E-state index in [9.17, 15) is 14.0 Å². The first-order valence-corrected chi connectivity index (χ1v) is 11.3. The van der Waals surface area contributed by atoms with Gasteiger partial charge in [0.25, 0.3) is 0 Å². The van der Waals surface area contributed by atoms with Crippen LogP contribution in [0.3, 0.4) is 0 Å². The van der Waals surface area contributed by atoms with Crippen molar-refractivity contribution in [3.63, 3.8) is 0 Å². The Morgan fingerprint density at radius 3 is 2.87 bits per heavy atom. The first-order valence-electron chi connectivity index (χ1n) is 10.4. The second kappa shape index (κ2) is 10.1. The second-order valence-corrected chi connectivity index (χ2v) is 8.83. The maximum absolute atomic E-state index is 13.5. The Bertz CT molecular complexity index is 885. The summed E-state index contributed by atoms with van der Waals surface area (Å²) in [5.74, 6) is 0.232. The number of amides is 2. The fraction of sp³-hybridized carbons (Fsp3) is 0.478. The molecule has 1 aliphatic heterocycles. The number of carbonyl (C=O) groups excluding carboxylic acids is 2. The number of halogens is 1. The third kappa shape index (κ3) is 5.39. The molecule has 2 atom stereocenters. The maximum Gasteiger partial charge on any atom is 0.242 e. The van der Waals surface area contributed by atoms with Crippen LogP contribution in [0, 0.1) is 11.7 Å². The standard InChI is InChI=1S/C23H29FN2O3S/c1-4-16(2)13-25(17(3)27)14-23(28)26-10-8-22-20(9-11-30-22)21(26)15-29-19-7-5-6-18(24)12-19/h5-7,9,11-12,16,21H,4,8,10,13-15H2,1-3H3/t16-,21+/m1/s1. The minimum absolute atomic E-state index is 0.0651. The molecule has 0 radical (unpaired) electrons. The molecule has 2 heterocycles. The number of benzene rings is 1. The van der Waals surface area contributed by atoms with Crippen LogP contribution in [0.5, 0.6) is 5.75 Å². The van der Waals surface area contributed by atoms with Crippen LogP contribution >= 0.6 is 11.3 Å². The van der Waals surface area contributed by atoms with Crippen LogP contribution in [0.25, 0.3) is 0 Å². The van der Waals surface area contributed by atoms with Gasteiger partial charge in [-0.25, -0.2) is 4.39 Å². The molecular formula is C23H29FN2O3S. The van der Waals surface area contributed by atoms with Gasteiger partial charge in [-0.1, -0.05) is 26.3 Å². The molecule has 1 aliphatic rings. The zero-order chi connectivity index (χ0) is 21.7. The van der Waals surface area contributed by atoms with Crippen LogP contribution in [-0.4, -0.2) is 47.9 Å². The van der Waals surface area contributed by atoms with Gasteiger partial charge in [-0.2, -0.15) is 0 Å². The average Bonchev–Trinajstić information content (AvgIpc) is 3.20. The van der Waals surface area contributed by atoms with E-state index in [2.05, 4.69) is 13.8 Å². The van der Waals surface area contributed by atoms with E-state index in [1.54, 1.807) is 33.3 Å². The highest BCUT2D eigenvalue weighted by Gasteiger charge is 2.33. The van der Waals surface area contributed by atoms with E-state index in [1.807, 2.05) is 11.4 Å². The lowest BCUT2D eigenvalue weighted by Crippen LogP contribution is -2.48. The van der Waals surface area contributed by atoms with Gasteiger partial charge in [-0.3, -0.25) is 9.59 Å². The van der Waals surface area contributed by atoms with Crippen molar-refractivity contribution in [2.75, 3.05) is 26.2 Å². The summed E-state index contributed by atoms with van der Waals surface area (Å²) in [4.78, 5) is 30.0. The quantitative estimate of drug-likeness (QED) is 0.625. The van der Waals surface area contributed by atoms with Crippen LogP contribution in [-0.2, 0) is 16.0 Å². The van der Waals surface area contributed by atoms with E-state index in [1.165, 1.54) is 23.9 Å². The predicted octanol–water partition coefficient (Wildman–Crippen LogP) is 4.29. The number of hydrogen-bond donors (Lipinski definition) is 0. The molecule has 7 heteroatoms. The molecular weight excluding hydrogens is 403 g/mol. The number of fused-ring (bicyclic) bond motifs is 1. The fourth-order valence-corrected chi connectivity index (χ4v) is 4.60. The van der Waals surface area contributed by atoms with Crippen molar-refractivity contribution in [3.8, 4) is 5.75 Å². The topological polar surface area (TPSA) is 49.9 Å². The molecule has 30 heavy (non-hydrogen) atoms. The first-order chi connectivity index (χ1) is 14.4. The van der Waals surface area contributed by atoms with E-state index < -0.39 is 0 Å². The van der Waals surface area contributed by atoms with Gasteiger partial charge in [0.2, 0.25) is 11.8 Å². The molecule has 2 aromatic rings. The number of nitrogens with zero attached hydrogens (tertiary/aromatic N) is 2. The number of hydrogen-bond acceptors (Lipinski definition) is 4. The molecule has 162 valence electrons. The molecule has 0 saturated heterocycles. The Morgan fingerprint density at radius 2 is 2.17 bits per heavy atom. The molecule has 2 amide bonds. The summed E-state index contributed by atoms with van der Waals surface area (Å²) < 4.78 is 19.4. The fourth-order valence-electron chi connectivity index (χ4n) is 3.67. The largest absolute Gasteiger partial charge is 0.491 e. The summed E-state index contributed by atoms with van der Waals surface area (Å²) in [6, 6.07) is 7.79. The monoisotopic (exact) mass is 432 g/mol. The highest BCUT2D eigenvalue weighted by Crippen LogP contribution is 2.34.